The predicted octanol–water partition coefficient (Wildman–Crippen LogP) is 1.46. The van der Waals surface area contributed by atoms with Crippen molar-refractivity contribution < 1.29 is 9.63 Å². The van der Waals surface area contributed by atoms with E-state index in [1.54, 1.807) is 0 Å². The average Bonchev–Trinajstić information content (AvgIpc) is 2.86. The molecule has 90 valence electrons. The highest BCUT2D eigenvalue weighted by Gasteiger charge is 2.21. The number of hydrogen-bond donors (Lipinski definition) is 1. The number of rotatable bonds is 1. The first kappa shape index (κ1) is 10.7. The fourth-order valence-electron chi connectivity index (χ4n) is 2.33. The molecule has 1 fully saturated rings. The minimum atomic E-state index is -0.0144. The molecule has 2 aliphatic rings. The van der Waals surface area contributed by atoms with Crippen molar-refractivity contribution in [1.29, 1.82) is 0 Å². The molecule has 1 aromatic carbocycles. The summed E-state index contributed by atoms with van der Waals surface area (Å²) in [5.74, 6) is -0.0144. The van der Waals surface area contributed by atoms with Gasteiger partial charge in [-0.15, -0.1) is 0 Å². The quantitative estimate of drug-likeness (QED) is 0.797. The molecule has 1 N–H and O–H groups in total. The van der Waals surface area contributed by atoms with Crippen LogP contribution in [0.4, 0.5) is 0 Å². The Hall–Kier alpha value is -1.39. The van der Waals surface area contributed by atoms with E-state index in [-0.39, 0.29) is 5.91 Å². The zero-order chi connectivity index (χ0) is 11.7. The lowest BCUT2D eigenvalue weighted by molar-refractivity contribution is -0.144. The maximum absolute atomic E-state index is 12.2. The van der Waals surface area contributed by atoms with Gasteiger partial charge in [-0.3, -0.25) is 9.63 Å². The van der Waals surface area contributed by atoms with Crippen LogP contribution >= 0.6 is 0 Å². The average molecular weight is 232 g/mol. The van der Waals surface area contributed by atoms with Crippen LogP contribution in [0.2, 0.25) is 0 Å². The summed E-state index contributed by atoms with van der Waals surface area (Å²) >= 11 is 0. The predicted molar refractivity (Wildman–Crippen MR) is 63.2 cm³/mol. The number of carbonyl (C=O) groups excluding carboxylic acids is 1. The van der Waals surface area contributed by atoms with Crippen molar-refractivity contribution in [3.8, 4) is 0 Å². The van der Waals surface area contributed by atoms with Gasteiger partial charge in [0.25, 0.3) is 5.91 Å². The van der Waals surface area contributed by atoms with Crippen LogP contribution in [0.5, 0.6) is 0 Å². The number of amides is 1. The Labute approximate surface area is 101 Å². The van der Waals surface area contributed by atoms with E-state index in [2.05, 4.69) is 5.32 Å². The fraction of sp³-hybridized carbons (Fsp3) is 0.462. The molecular weight excluding hydrogens is 216 g/mol. The number of hydrogen-bond acceptors (Lipinski definition) is 3. The van der Waals surface area contributed by atoms with E-state index in [1.807, 2.05) is 18.2 Å². The van der Waals surface area contributed by atoms with Gasteiger partial charge in [-0.1, -0.05) is 6.07 Å². The van der Waals surface area contributed by atoms with Crippen LogP contribution in [0.1, 0.15) is 34.3 Å². The lowest BCUT2D eigenvalue weighted by atomic mass is 10.1. The minimum Gasteiger partial charge on any atom is -0.309 e. The number of benzene rings is 1. The summed E-state index contributed by atoms with van der Waals surface area (Å²) in [5.41, 5.74) is 3.25. The van der Waals surface area contributed by atoms with Crippen LogP contribution in [-0.2, 0) is 17.9 Å². The molecule has 2 heterocycles. The van der Waals surface area contributed by atoms with Gasteiger partial charge < -0.3 is 5.32 Å². The maximum atomic E-state index is 12.2. The lowest BCUT2D eigenvalue weighted by Gasteiger charge is -2.26. The van der Waals surface area contributed by atoms with Crippen LogP contribution in [0.25, 0.3) is 0 Å². The van der Waals surface area contributed by atoms with Crippen molar-refractivity contribution in [2.75, 3.05) is 13.2 Å². The highest BCUT2D eigenvalue weighted by Crippen LogP contribution is 2.19. The normalized spacial score (nSPS) is 19.2. The van der Waals surface area contributed by atoms with Gasteiger partial charge in [-0.2, -0.15) is 0 Å². The molecule has 1 saturated heterocycles. The van der Waals surface area contributed by atoms with Crippen molar-refractivity contribution in [3.63, 3.8) is 0 Å². The standard InChI is InChI=1S/C13H16N2O2/c16-13(15-5-1-2-6-17-15)10-3-4-11-8-14-9-12(11)7-10/h3-4,7,14H,1-2,5-6,8-9H2. The highest BCUT2D eigenvalue weighted by molar-refractivity contribution is 5.93. The molecule has 4 heteroatoms. The van der Waals surface area contributed by atoms with E-state index < -0.39 is 0 Å². The summed E-state index contributed by atoms with van der Waals surface area (Å²) < 4.78 is 0. The van der Waals surface area contributed by atoms with Gasteiger partial charge in [-0.05, 0) is 36.1 Å². The van der Waals surface area contributed by atoms with E-state index >= 15 is 0 Å². The summed E-state index contributed by atoms with van der Waals surface area (Å²) in [7, 11) is 0. The molecule has 0 radical (unpaired) electrons. The molecule has 0 aromatic heterocycles. The summed E-state index contributed by atoms with van der Waals surface area (Å²) in [4.78, 5) is 17.6. The molecule has 4 nitrogen and oxygen atoms in total. The molecule has 0 bridgehead atoms. The van der Waals surface area contributed by atoms with E-state index in [9.17, 15) is 4.79 Å². The van der Waals surface area contributed by atoms with Crippen molar-refractivity contribution in [3.05, 3.63) is 34.9 Å². The summed E-state index contributed by atoms with van der Waals surface area (Å²) in [6.45, 7) is 3.12. The van der Waals surface area contributed by atoms with Gasteiger partial charge >= 0.3 is 0 Å². The topological polar surface area (TPSA) is 41.6 Å². The van der Waals surface area contributed by atoms with Crippen molar-refractivity contribution in [2.45, 2.75) is 25.9 Å². The zero-order valence-corrected chi connectivity index (χ0v) is 9.74. The number of carbonyl (C=O) groups is 1. The van der Waals surface area contributed by atoms with Crippen LogP contribution in [-0.4, -0.2) is 24.1 Å². The number of nitrogens with zero attached hydrogens (tertiary/aromatic N) is 1. The summed E-state index contributed by atoms with van der Waals surface area (Å²) in [6.07, 6.45) is 2.07. The Balaban J connectivity index is 1.81. The molecule has 17 heavy (non-hydrogen) atoms. The minimum absolute atomic E-state index is 0.0144. The van der Waals surface area contributed by atoms with E-state index in [0.717, 1.165) is 31.5 Å². The van der Waals surface area contributed by atoms with Gasteiger partial charge in [0, 0.05) is 25.2 Å². The highest BCUT2D eigenvalue weighted by atomic mass is 16.7. The van der Waals surface area contributed by atoms with Crippen LogP contribution in [0.15, 0.2) is 18.2 Å². The molecule has 0 spiro atoms. The van der Waals surface area contributed by atoms with Gasteiger partial charge in [-0.25, -0.2) is 5.06 Å². The molecule has 2 aliphatic heterocycles. The van der Waals surface area contributed by atoms with Crippen molar-refractivity contribution >= 4 is 5.91 Å². The monoisotopic (exact) mass is 232 g/mol. The second-order valence-corrected chi connectivity index (χ2v) is 4.53. The second kappa shape index (κ2) is 4.47. The van der Waals surface area contributed by atoms with Gasteiger partial charge in [0.05, 0.1) is 6.61 Å². The molecule has 0 saturated carbocycles. The molecule has 3 rings (SSSR count). The third-order valence-corrected chi connectivity index (χ3v) is 3.31. The Morgan fingerprint density at radius 2 is 2.12 bits per heavy atom. The first-order valence-corrected chi connectivity index (χ1v) is 6.12. The maximum Gasteiger partial charge on any atom is 0.277 e. The Morgan fingerprint density at radius 1 is 1.24 bits per heavy atom. The Bertz CT molecular complexity index is 439. The lowest BCUT2D eigenvalue weighted by Crippen LogP contribution is -2.35. The smallest absolute Gasteiger partial charge is 0.277 e. The van der Waals surface area contributed by atoms with Crippen molar-refractivity contribution in [1.82, 2.24) is 10.4 Å². The molecular formula is C13H16N2O2. The number of hydroxylamine groups is 2. The van der Waals surface area contributed by atoms with Crippen LogP contribution in [0, 0.1) is 0 Å². The van der Waals surface area contributed by atoms with E-state index in [0.29, 0.717) is 13.2 Å². The number of fused-ring (bicyclic) bond motifs is 1. The molecule has 1 aromatic rings. The molecule has 0 unspecified atom stereocenters. The summed E-state index contributed by atoms with van der Waals surface area (Å²) in [5, 5.41) is 4.77. The number of nitrogens with one attached hydrogen (secondary N) is 1. The largest absolute Gasteiger partial charge is 0.309 e. The van der Waals surface area contributed by atoms with Gasteiger partial charge in [0.15, 0.2) is 0 Å². The van der Waals surface area contributed by atoms with Gasteiger partial charge in [0.1, 0.15) is 0 Å². The Kier molecular flexibility index (Phi) is 2.82. The zero-order valence-electron chi connectivity index (χ0n) is 9.74. The van der Waals surface area contributed by atoms with Crippen molar-refractivity contribution in [2.24, 2.45) is 0 Å². The first-order chi connectivity index (χ1) is 8.34. The first-order valence-electron chi connectivity index (χ1n) is 6.12. The van der Waals surface area contributed by atoms with E-state index in [1.165, 1.54) is 16.2 Å². The SMILES string of the molecule is O=C(c1ccc2c(c1)CNC2)N1CCCCO1. The van der Waals surface area contributed by atoms with Gasteiger partial charge in [0.2, 0.25) is 0 Å². The van der Waals surface area contributed by atoms with Crippen LogP contribution < -0.4 is 5.32 Å². The molecule has 0 aliphatic carbocycles. The molecule has 0 atom stereocenters. The summed E-state index contributed by atoms with van der Waals surface area (Å²) in [6, 6.07) is 5.91. The fourth-order valence-corrected chi connectivity index (χ4v) is 2.33. The Morgan fingerprint density at radius 3 is 2.94 bits per heavy atom. The third kappa shape index (κ3) is 2.06. The second-order valence-electron chi connectivity index (χ2n) is 4.53. The molecule has 1 amide bonds. The van der Waals surface area contributed by atoms with E-state index in [4.69, 9.17) is 4.84 Å². The van der Waals surface area contributed by atoms with Crippen LogP contribution in [0.3, 0.4) is 0 Å². The third-order valence-electron chi connectivity index (χ3n) is 3.31.